The molecule has 6 rings (SSSR count). The van der Waals surface area contributed by atoms with E-state index in [1.807, 2.05) is 110 Å². The molecular weight excluding hydrogens is 548 g/mol. The first-order valence-corrected chi connectivity index (χ1v) is 14.3. The Hall–Kier alpha value is -5.80. The standard InChI is InChI=1S/C38H30N2O4/c1-25-15-17-26(18-16-25)24-42-30-14-8-13-29(21-30)36-32-20-19-31(22-34(32)44-37(40)33(36)23-39)43-38(41)35(27-9-4-2-5-10-27)28-11-6-3-7-12-28/h2-22,35-36H,24,40H2,1H3. The van der Waals surface area contributed by atoms with Gasteiger partial charge in [0.25, 0.3) is 0 Å². The van der Waals surface area contributed by atoms with Gasteiger partial charge in [-0.25, -0.2) is 0 Å². The van der Waals surface area contributed by atoms with E-state index in [0.29, 0.717) is 29.4 Å². The van der Waals surface area contributed by atoms with Crippen LogP contribution in [0.5, 0.6) is 17.2 Å². The van der Waals surface area contributed by atoms with Crippen LogP contribution < -0.4 is 19.9 Å². The molecule has 6 heteroatoms. The lowest BCUT2D eigenvalue weighted by Crippen LogP contribution is -2.22. The molecule has 0 aliphatic carbocycles. The van der Waals surface area contributed by atoms with Gasteiger partial charge in [-0.05, 0) is 47.4 Å². The number of esters is 1. The van der Waals surface area contributed by atoms with Crippen LogP contribution in [-0.4, -0.2) is 5.97 Å². The van der Waals surface area contributed by atoms with E-state index in [2.05, 4.69) is 18.2 Å². The molecule has 0 radical (unpaired) electrons. The number of nitrogens with zero attached hydrogens (tertiary/aromatic N) is 1. The second-order valence-corrected chi connectivity index (χ2v) is 10.6. The fourth-order valence-corrected chi connectivity index (χ4v) is 5.41. The average Bonchev–Trinajstić information content (AvgIpc) is 3.05. The molecule has 0 fully saturated rings. The van der Waals surface area contributed by atoms with Crippen molar-refractivity contribution in [2.75, 3.05) is 0 Å². The lowest BCUT2D eigenvalue weighted by atomic mass is 9.83. The van der Waals surface area contributed by atoms with Crippen molar-refractivity contribution >= 4 is 5.97 Å². The van der Waals surface area contributed by atoms with Crippen LogP contribution in [-0.2, 0) is 11.4 Å². The molecule has 0 saturated carbocycles. The number of nitriles is 1. The van der Waals surface area contributed by atoms with Crippen LogP contribution >= 0.6 is 0 Å². The lowest BCUT2D eigenvalue weighted by Gasteiger charge is -2.27. The summed E-state index contributed by atoms with van der Waals surface area (Å²) in [6.07, 6.45) is 0. The molecule has 44 heavy (non-hydrogen) atoms. The second kappa shape index (κ2) is 12.6. The monoisotopic (exact) mass is 578 g/mol. The van der Waals surface area contributed by atoms with Gasteiger partial charge in [0.2, 0.25) is 5.88 Å². The summed E-state index contributed by atoms with van der Waals surface area (Å²) < 4.78 is 17.9. The third-order valence-corrected chi connectivity index (χ3v) is 7.63. The van der Waals surface area contributed by atoms with Gasteiger partial charge in [-0.2, -0.15) is 5.26 Å². The predicted molar refractivity (Wildman–Crippen MR) is 168 cm³/mol. The first-order valence-electron chi connectivity index (χ1n) is 14.3. The number of ether oxygens (including phenoxy) is 3. The van der Waals surface area contributed by atoms with Crippen molar-refractivity contribution in [1.82, 2.24) is 0 Å². The largest absolute Gasteiger partial charge is 0.489 e. The number of carbonyl (C=O) groups excluding carboxylic acids is 1. The van der Waals surface area contributed by atoms with Crippen molar-refractivity contribution in [3.05, 3.63) is 172 Å². The maximum absolute atomic E-state index is 13.6. The van der Waals surface area contributed by atoms with E-state index >= 15 is 0 Å². The fraction of sp³-hybridized carbons (Fsp3) is 0.105. The smallest absolute Gasteiger partial charge is 0.323 e. The van der Waals surface area contributed by atoms with Crippen LogP contribution in [0.25, 0.3) is 0 Å². The SMILES string of the molecule is Cc1ccc(COc2cccc(C3C(C#N)=C(N)Oc4cc(OC(=O)C(c5ccccc5)c5ccccc5)ccc43)c2)cc1. The predicted octanol–water partition coefficient (Wildman–Crippen LogP) is 7.53. The van der Waals surface area contributed by atoms with Crippen molar-refractivity contribution in [3.8, 4) is 23.3 Å². The molecule has 1 unspecified atom stereocenters. The number of hydrogen-bond donors (Lipinski definition) is 1. The number of carbonyl (C=O) groups is 1. The van der Waals surface area contributed by atoms with E-state index < -0.39 is 17.8 Å². The lowest BCUT2D eigenvalue weighted by molar-refractivity contribution is -0.135. The Kier molecular flexibility index (Phi) is 8.11. The quantitative estimate of drug-likeness (QED) is 0.151. The Labute approximate surface area is 256 Å². The highest BCUT2D eigenvalue weighted by molar-refractivity contribution is 5.84. The van der Waals surface area contributed by atoms with Gasteiger partial charge in [-0.1, -0.05) is 109 Å². The van der Waals surface area contributed by atoms with Crippen molar-refractivity contribution in [3.63, 3.8) is 0 Å². The van der Waals surface area contributed by atoms with Crippen LogP contribution in [0, 0.1) is 18.3 Å². The Morgan fingerprint density at radius 3 is 2.18 bits per heavy atom. The topological polar surface area (TPSA) is 94.6 Å². The molecule has 0 saturated heterocycles. The molecule has 1 aliphatic rings. The third-order valence-electron chi connectivity index (χ3n) is 7.63. The molecule has 0 spiro atoms. The minimum Gasteiger partial charge on any atom is -0.489 e. The Balaban J connectivity index is 1.28. The molecular formula is C38H30N2O4. The van der Waals surface area contributed by atoms with Gasteiger partial charge in [0.1, 0.15) is 41.4 Å². The van der Waals surface area contributed by atoms with Gasteiger partial charge in [0.15, 0.2) is 0 Å². The van der Waals surface area contributed by atoms with Crippen LogP contribution in [0.1, 0.15) is 45.2 Å². The number of allylic oxidation sites excluding steroid dienone is 1. The number of hydrogen-bond acceptors (Lipinski definition) is 6. The molecule has 0 aromatic heterocycles. The van der Waals surface area contributed by atoms with Gasteiger partial charge in [0, 0.05) is 11.6 Å². The van der Waals surface area contributed by atoms with E-state index in [9.17, 15) is 10.1 Å². The summed E-state index contributed by atoms with van der Waals surface area (Å²) in [5.41, 5.74) is 12.0. The van der Waals surface area contributed by atoms with Crippen LogP contribution in [0.15, 0.2) is 139 Å². The highest BCUT2D eigenvalue weighted by Gasteiger charge is 2.32. The van der Waals surface area contributed by atoms with Gasteiger partial charge in [0.05, 0.1) is 5.92 Å². The summed E-state index contributed by atoms with van der Waals surface area (Å²) >= 11 is 0. The number of nitrogens with two attached hydrogens (primary N) is 1. The zero-order valence-corrected chi connectivity index (χ0v) is 24.1. The first-order chi connectivity index (χ1) is 21.5. The van der Waals surface area contributed by atoms with Crippen LogP contribution in [0.3, 0.4) is 0 Å². The van der Waals surface area contributed by atoms with E-state index in [1.54, 1.807) is 12.1 Å². The number of rotatable bonds is 8. The van der Waals surface area contributed by atoms with E-state index in [0.717, 1.165) is 27.8 Å². The van der Waals surface area contributed by atoms with Gasteiger partial charge < -0.3 is 19.9 Å². The fourth-order valence-electron chi connectivity index (χ4n) is 5.41. The molecule has 216 valence electrons. The molecule has 5 aromatic rings. The van der Waals surface area contributed by atoms with Crippen molar-refractivity contribution < 1.29 is 19.0 Å². The van der Waals surface area contributed by atoms with Crippen LogP contribution in [0.2, 0.25) is 0 Å². The maximum Gasteiger partial charge on any atom is 0.323 e. The molecule has 1 atom stereocenters. The molecule has 6 nitrogen and oxygen atoms in total. The molecule has 1 heterocycles. The van der Waals surface area contributed by atoms with E-state index in [4.69, 9.17) is 19.9 Å². The van der Waals surface area contributed by atoms with E-state index in [-0.39, 0.29) is 5.88 Å². The number of benzene rings is 5. The minimum atomic E-state index is -0.611. The number of fused-ring (bicyclic) bond motifs is 1. The summed E-state index contributed by atoms with van der Waals surface area (Å²) in [5.74, 6) is -0.116. The minimum absolute atomic E-state index is 0.00546. The molecule has 0 amide bonds. The molecule has 1 aliphatic heterocycles. The zero-order valence-electron chi connectivity index (χ0n) is 24.1. The Morgan fingerprint density at radius 1 is 0.841 bits per heavy atom. The van der Waals surface area contributed by atoms with Crippen molar-refractivity contribution in [1.29, 1.82) is 5.26 Å². The highest BCUT2D eigenvalue weighted by atomic mass is 16.5. The summed E-state index contributed by atoms with van der Waals surface area (Å²) in [5, 5.41) is 10.0. The zero-order chi connectivity index (χ0) is 30.5. The summed E-state index contributed by atoms with van der Waals surface area (Å²) in [6.45, 7) is 2.46. The summed E-state index contributed by atoms with van der Waals surface area (Å²) in [4.78, 5) is 13.6. The summed E-state index contributed by atoms with van der Waals surface area (Å²) in [6, 6.07) is 42.3. The Morgan fingerprint density at radius 2 is 1.52 bits per heavy atom. The first kappa shape index (κ1) is 28.3. The normalized spacial score (nSPS) is 13.9. The molecule has 0 bridgehead atoms. The average molecular weight is 579 g/mol. The van der Waals surface area contributed by atoms with Gasteiger partial charge in [-0.3, -0.25) is 4.79 Å². The second-order valence-electron chi connectivity index (χ2n) is 10.6. The summed E-state index contributed by atoms with van der Waals surface area (Å²) in [7, 11) is 0. The number of aryl methyl sites for hydroxylation is 1. The molecule has 2 N–H and O–H groups in total. The highest BCUT2D eigenvalue weighted by Crippen LogP contribution is 2.44. The maximum atomic E-state index is 13.6. The van der Waals surface area contributed by atoms with Crippen molar-refractivity contribution in [2.45, 2.75) is 25.4 Å². The van der Waals surface area contributed by atoms with Crippen molar-refractivity contribution in [2.24, 2.45) is 5.73 Å². The van der Waals surface area contributed by atoms with Crippen LogP contribution in [0.4, 0.5) is 0 Å². The van der Waals surface area contributed by atoms with E-state index in [1.165, 1.54) is 5.56 Å². The Bertz CT molecular complexity index is 1820. The van der Waals surface area contributed by atoms with Gasteiger partial charge in [-0.15, -0.1) is 0 Å². The molecule has 5 aromatic carbocycles. The third kappa shape index (κ3) is 6.04. The van der Waals surface area contributed by atoms with Gasteiger partial charge >= 0.3 is 5.97 Å².